The van der Waals surface area contributed by atoms with Crippen LogP contribution < -0.4 is 10.1 Å². The zero-order valence-corrected chi connectivity index (χ0v) is 14.6. The fraction of sp³-hybridized carbons (Fsp3) is 0.412. The number of halogens is 2. The number of nitrogens with zero attached hydrogens (tertiary/aromatic N) is 1. The van der Waals surface area contributed by atoms with Crippen molar-refractivity contribution in [3.63, 3.8) is 0 Å². The average molecular weight is 355 g/mol. The van der Waals surface area contributed by atoms with Crippen LogP contribution in [0.25, 0.3) is 0 Å². The fourth-order valence-corrected chi connectivity index (χ4v) is 4.12. The van der Waals surface area contributed by atoms with Crippen LogP contribution in [0.4, 0.5) is 4.39 Å². The predicted molar refractivity (Wildman–Crippen MR) is 93.2 cm³/mol. The zero-order valence-electron chi connectivity index (χ0n) is 13.0. The molecule has 1 aliphatic rings. The van der Waals surface area contributed by atoms with Crippen molar-refractivity contribution in [2.75, 3.05) is 32.8 Å². The third-order valence-corrected chi connectivity index (χ3v) is 5.16. The number of piperazine rings is 1. The smallest absolute Gasteiger partial charge is 0.173 e. The molecule has 0 spiro atoms. The largest absolute Gasteiger partial charge is 0.489 e. The first-order valence-corrected chi connectivity index (χ1v) is 9.06. The number of ether oxygens (including phenoxy) is 1. The van der Waals surface area contributed by atoms with Gasteiger partial charge in [0.15, 0.2) is 11.6 Å². The van der Waals surface area contributed by atoms with Gasteiger partial charge in [-0.05, 0) is 36.1 Å². The average Bonchev–Trinajstić information content (AvgIpc) is 3.06. The van der Waals surface area contributed by atoms with E-state index in [1.54, 1.807) is 17.4 Å². The van der Waals surface area contributed by atoms with Crippen molar-refractivity contribution < 1.29 is 9.13 Å². The molecule has 2 aromatic rings. The molecule has 0 aliphatic carbocycles. The van der Waals surface area contributed by atoms with Gasteiger partial charge in [0.2, 0.25) is 0 Å². The van der Waals surface area contributed by atoms with Gasteiger partial charge in [-0.1, -0.05) is 17.7 Å². The summed E-state index contributed by atoms with van der Waals surface area (Å²) in [5, 5.41) is 5.74. The highest BCUT2D eigenvalue weighted by atomic mass is 35.5. The lowest BCUT2D eigenvalue weighted by Crippen LogP contribution is -2.45. The van der Waals surface area contributed by atoms with Gasteiger partial charge in [0.1, 0.15) is 0 Å². The van der Waals surface area contributed by atoms with Gasteiger partial charge in [0, 0.05) is 31.1 Å². The second-order valence-corrected chi connectivity index (χ2v) is 6.84. The standard InChI is InChI=1S/C17H20ClFN2OS/c1-2-22-17-13(18)10-12(11-14(17)19)16(15-4-3-9-23-15)21-7-5-20-6-8-21/h3-4,9-11,16,20H,2,5-8H2,1H3/t16-/m0/s1. The molecule has 1 aromatic carbocycles. The molecular formula is C17H20ClFN2OS. The minimum atomic E-state index is -0.397. The second-order valence-electron chi connectivity index (χ2n) is 5.45. The molecule has 1 fully saturated rings. The summed E-state index contributed by atoms with van der Waals surface area (Å²) in [6.45, 7) is 5.94. The van der Waals surface area contributed by atoms with Gasteiger partial charge in [-0.25, -0.2) is 4.39 Å². The Morgan fingerprint density at radius 2 is 2.17 bits per heavy atom. The van der Waals surface area contributed by atoms with Crippen LogP contribution in [0.15, 0.2) is 29.6 Å². The quantitative estimate of drug-likeness (QED) is 0.880. The van der Waals surface area contributed by atoms with Crippen LogP contribution in [-0.4, -0.2) is 37.7 Å². The van der Waals surface area contributed by atoms with Crippen LogP contribution in [0.5, 0.6) is 5.75 Å². The molecule has 3 nitrogen and oxygen atoms in total. The Bertz CT molecular complexity index is 621. The molecule has 1 aliphatic heterocycles. The van der Waals surface area contributed by atoms with Crippen molar-refractivity contribution in [2.24, 2.45) is 0 Å². The molecule has 6 heteroatoms. The van der Waals surface area contributed by atoms with Gasteiger partial charge in [-0.2, -0.15) is 0 Å². The van der Waals surface area contributed by atoms with Crippen molar-refractivity contribution in [3.05, 3.63) is 50.9 Å². The van der Waals surface area contributed by atoms with E-state index < -0.39 is 5.82 Å². The molecular weight excluding hydrogens is 335 g/mol. The zero-order chi connectivity index (χ0) is 16.2. The lowest BCUT2D eigenvalue weighted by Gasteiger charge is -2.35. The number of thiophene rings is 1. The Kier molecular flexibility index (Phi) is 5.54. The Labute approximate surface area is 145 Å². The molecule has 0 bridgehead atoms. The van der Waals surface area contributed by atoms with Crippen LogP contribution in [0.3, 0.4) is 0 Å². The monoisotopic (exact) mass is 354 g/mol. The lowest BCUT2D eigenvalue weighted by atomic mass is 10.0. The third kappa shape index (κ3) is 3.69. The van der Waals surface area contributed by atoms with E-state index in [9.17, 15) is 4.39 Å². The summed E-state index contributed by atoms with van der Waals surface area (Å²) in [5.74, 6) is -0.255. The summed E-state index contributed by atoms with van der Waals surface area (Å²) in [4.78, 5) is 3.57. The van der Waals surface area contributed by atoms with Gasteiger partial charge in [-0.3, -0.25) is 4.90 Å². The maximum absolute atomic E-state index is 14.4. The molecule has 1 atom stereocenters. The van der Waals surface area contributed by atoms with Crippen LogP contribution in [-0.2, 0) is 0 Å². The van der Waals surface area contributed by atoms with Crippen molar-refractivity contribution >= 4 is 22.9 Å². The van der Waals surface area contributed by atoms with Gasteiger partial charge in [-0.15, -0.1) is 11.3 Å². The Balaban J connectivity index is 1.99. The molecule has 3 rings (SSSR count). The van der Waals surface area contributed by atoms with Crippen LogP contribution in [0.2, 0.25) is 5.02 Å². The third-order valence-electron chi connectivity index (χ3n) is 3.95. The summed E-state index contributed by atoms with van der Waals surface area (Å²) in [7, 11) is 0. The summed E-state index contributed by atoms with van der Waals surface area (Å²) in [6.07, 6.45) is 0. The van der Waals surface area contributed by atoms with Crippen molar-refractivity contribution in [3.8, 4) is 5.75 Å². The molecule has 1 N–H and O–H groups in total. The molecule has 0 unspecified atom stereocenters. The van der Waals surface area contributed by atoms with E-state index >= 15 is 0 Å². The number of nitrogens with one attached hydrogen (secondary N) is 1. The van der Waals surface area contributed by atoms with Crippen molar-refractivity contribution in [1.82, 2.24) is 10.2 Å². The first-order chi connectivity index (χ1) is 11.2. The van der Waals surface area contributed by atoms with E-state index in [2.05, 4.69) is 21.7 Å². The van der Waals surface area contributed by atoms with Gasteiger partial charge < -0.3 is 10.1 Å². The second kappa shape index (κ2) is 7.62. The highest BCUT2D eigenvalue weighted by molar-refractivity contribution is 7.10. The van der Waals surface area contributed by atoms with Crippen LogP contribution in [0, 0.1) is 5.82 Å². The SMILES string of the molecule is CCOc1c(F)cc([C@@H](c2cccs2)N2CCNCC2)cc1Cl. The maximum atomic E-state index is 14.4. The molecule has 124 valence electrons. The molecule has 2 heterocycles. The van der Waals surface area contributed by atoms with Gasteiger partial charge in [0.25, 0.3) is 0 Å². The van der Waals surface area contributed by atoms with E-state index in [4.69, 9.17) is 16.3 Å². The highest BCUT2D eigenvalue weighted by Crippen LogP contribution is 2.37. The highest BCUT2D eigenvalue weighted by Gasteiger charge is 2.26. The van der Waals surface area contributed by atoms with Crippen molar-refractivity contribution in [2.45, 2.75) is 13.0 Å². The first kappa shape index (κ1) is 16.7. The van der Waals surface area contributed by atoms with E-state index in [1.165, 1.54) is 4.88 Å². The number of rotatable bonds is 5. The molecule has 1 aromatic heterocycles. The Morgan fingerprint density at radius 1 is 1.39 bits per heavy atom. The van der Waals surface area contributed by atoms with E-state index in [1.807, 2.05) is 19.1 Å². The maximum Gasteiger partial charge on any atom is 0.173 e. The van der Waals surface area contributed by atoms with E-state index in [0.29, 0.717) is 11.6 Å². The van der Waals surface area contributed by atoms with Gasteiger partial charge in [0.05, 0.1) is 17.7 Å². The molecule has 0 amide bonds. The fourth-order valence-electron chi connectivity index (χ4n) is 2.96. The molecule has 1 saturated heterocycles. The van der Waals surface area contributed by atoms with Crippen LogP contribution in [0.1, 0.15) is 23.4 Å². The predicted octanol–water partition coefficient (Wildman–Crippen LogP) is 3.93. The molecule has 23 heavy (non-hydrogen) atoms. The summed E-state index contributed by atoms with van der Waals surface area (Å²) in [6, 6.07) is 7.55. The van der Waals surface area contributed by atoms with Crippen molar-refractivity contribution in [1.29, 1.82) is 0 Å². The molecule has 0 saturated carbocycles. The number of benzene rings is 1. The Hall–Kier alpha value is -1.14. The van der Waals surface area contributed by atoms with Crippen LogP contribution >= 0.6 is 22.9 Å². The van der Waals surface area contributed by atoms with E-state index in [0.717, 1.165) is 31.7 Å². The first-order valence-electron chi connectivity index (χ1n) is 7.80. The molecule has 0 radical (unpaired) electrons. The lowest BCUT2D eigenvalue weighted by molar-refractivity contribution is 0.200. The number of hydrogen-bond acceptors (Lipinski definition) is 4. The van der Waals surface area contributed by atoms with Gasteiger partial charge >= 0.3 is 0 Å². The summed E-state index contributed by atoms with van der Waals surface area (Å²) in [5.41, 5.74) is 0.875. The normalized spacial score (nSPS) is 17.2. The minimum absolute atomic E-state index is 0.0276. The number of hydrogen-bond donors (Lipinski definition) is 1. The summed E-state index contributed by atoms with van der Waals surface area (Å²) < 4.78 is 19.7. The Morgan fingerprint density at radius 3 is 2.78 bits per heavy atom. The summed E-state index contributed by atoms with van der Waals surface area (Å²) >= 11 is 7.95. The van der Waals surface area contributed by atoms with E-state index in [-0.39, 0.29) is 11.8 Å². The topological polar surface area (TPSA) is 24.5 Å². The minimum Gasteiger partial charge on any atom is -0.489 e.